The predicted molar refractivity (Wildman–Crippen MR) is 82.1 cm³/mol. The lowest BCUT2D eigenvalue weighted by atomic mass is 9.86. The monoisotopic (exact) mass is 285 g/mol. The minimum Gasteiger partial charge on any atom is -0.508 e. The Balaban J connectivity index is 1.71. The summed E-state index contributed by atoms with van der Waals surface area (Å²) in [5, 5.41) is 11.9. The van der Waals surface area contributed by atoms with Gasteiger partial charge in [0.05, 0.1) is 0 Å². The Morgan fingerprint density at radius 3 is 2.95 bits per heavy atom. The van der Waals surface area contributed by atoms with Crippen LogP contribution < -0.4 is 0 Å². The van der Waals surface area contributed by atoms with Crippen LogP contribution in [-0.2, 0) is 6.42 Å². The molecule has 4 rings (SSSR count). The summed E-state index contributed by atoms with van der Waals surface area (Å²) in [7, 11) is 2.27. The number of fused-ring (bicyclic) bond motifs is 3. The van der Waals surface area contributed by atoms with Crippen molar-refractivity contribution in [3.05, 3.63) is 51.7 Å². The first-order valence-corrected chi connectivity index (χ1v) is 8.19. The number of rotatable bonds is 1. The number of phenols is 1. The summed E-state index contributed by atoms with van der Waals surface area (Å²) in [6.45, 7) is 0. The lowest BCUT2D eigenvalue weighted by Gasteiger charge is -2.41. The Morgan fingerprint density at radius 2 is 2.15 bits per heavy atom. The maximum atomic E-state index is 9.69. The van der Waals surface area contributed by atoms with Crippen LogP contribution in [0.1, 0.15) is 40.9 Å². The fourth-order valence-corrected chi connectivity index (χ4v) is 5.02. The van der Waals surface area contributed by atoms with Crippen LogP contribution in [0.2, 0.25) is 0 Å². The van der Waals surface area contributed by atoms with Crippen molar-refractivity contribution in [2.24, 2.45) is 5.92 Å². The number of piperidine rings is 1. The van der Waals surface area contributed by atoms with Crippen LogP contribution in [-0.4, -0.2) is 17.1 Å². The van der Waals surface area contributed by atoms with Crippen molar-refractivity contribution < 1.29 is 5.11 Å². The van der Waals surface area contributed by atoms with Crippen molar-refractivity contribution in [2.75, 3.05) is 7.05 Å². The molecule has 3 heteroatoms. The molecule has 0 saturated carbocycles. The summed E-state index contributed by atoms with van der Waals surface area (Å²) in [4.78, 5) is 4.04. The van der Waals surface area contributed by atoms with Gasteiger partial charge in [-0.15, -0.1) is 11.3 Å². The van der Waals surface area contributed by atoms with E-state index in [1.807, 2.05) is 23.5 Å². The molecule has 2 aromatic rings. The molecule has 1 aliphatic heterocycles. The number of hydrogen-bond donors (Lipinski definition) is 1. The number of likely N-dealkylation sites (tertiary alicyclic amines) is 1. The molecule has 2 heterocycles. The van der Waals surface area contributed by atoms with Crippen LogP contribution in [0.25, 0.3) is 0 Å². The molecule has 0 amide bonds. The zero-order valence-corrected chi connectivity index (χ0v) is 12.4. The molecule has 20 heavy (non-hydrogen) atoms. The smallest absolute Gasteiger partial charge is 0.115 e. The molecular formula is C17H19NOS. The van der Waals surface area contributed by atoms with E-state index in [0.717, 1.165) is 6.42 Å². The van der Waals surface area contributed by atoms with Gasteiger partial charge >= 0.3 is 0 Å². The van der Waals surface area contributed by atoms with E-state index in [4.69, 9.17) is 0 Å². The van der Waals surface area contributed by atoms with Crippen LogP contribution in [0.4, 0.5) is 0 Å². The quantitative estimate of drug-likeness (QED) is 0.851. The predicted octanol–water partition coefficient (Wildman–Crippen LogP) is 4.13. The lowest BCUT2D eigenvalue weighted by Crippen LogP contribution is -2.36. The van der Waals surface area contributed by atoms with Crippen LogP contribution in [0, 0.1) is 5.92 Å². The van der Waals surface area contributed by atoms with Gasteiger partial charge in [0.1, 0.15) is 5.75 Å². The van der Waals surface area contributed by atoms with Gasteiger partial charge in [-0.2, -0.15) is 0 Å². The average Bonchev–Trinajstić information content (AvgIpc) is 3.05. The fourth-order valence-electron chi connectivity index (χ4n) is 4.11. The van der Waals surface area contributed by atoms with Crippen molar-refractivity contribution in [3.8, 4) is 5.75 Å². The standard InChI is InChI=1S/C17H19NOS/c1-18-15(16-3-2-8-20-16)7-4-11-9-12-10-13(19)5-6-14(12)17(11)18/h2-3,5-6,8,10-11,15,17,19H,4,7,9H2,1H3. The van der Waals surface area contributed by atoms with E-state index in [1.165, 1.54) is 28.8 Å². The largest absolute Gasteiger partial charge is 0.508 e. The number of phenolic OH excluding ortho intramolecular Hbond substituents is 1. The van der Waals surface area contributed by atoms with Gasteiger partial charge in [0.15, 0.2) is 0 Å². The average molecular weight is 285 g/mol. The number of benzene rings is 1. The molecule has 1 N–H and O–H groups in total. The molecule has 3 atom stereocenters. The molecule has 104 valence electrons. The molecule has 0 spiro atoms. The maximum absolute atomic E-state index is 9.69. The molecule has 2 nitrogen and oxygen atoms in total. The van der Waals surface area contributed by atoms with Gasteiger partial charge in [-0.1, -0.05) is 12.1 Å². The van der Waals surface area contributed by atoms with E-state index in [9.17, 15) is 5.11 Å². The highest BCUT2D eigenvalue weighted by molar-refractivity contribution is 7.10. The summed E-state index contributed by atoms with van der Waals surface area (Å²) >= 11 is 1.87. The Hall–Kier alpha value is -1.32. The van der Waals surface area contributed by atoms with Crippen LogP contribution >= 0.6 is 11.3 Å². The third kappa shape index (κ3) is 1.80. The number of aromatic hydroxyl groups is 1. The first-order valence-electron chi connectivity index (χ1n) is 7.31. The first kappa shape index (κ1) is 12.4. The summed E-state index contributed by atoms with van der Waals surface area (Å²) in [6, 6.07) is 11.4. The van der Waals surface area contributed by atoms with Gasteiger partial charge in [-0.3, -0.25) is 4.90 Å². The normalized spacial score (nSPS) is 29.1. The topological polar surface area (TPSA) is 23.5 Å². The van der Waals surface area contributed by atoms with Crippen LogP contribution in [0.5, 0.6) is 5.75 Å². The van der Waals surface area contributed by atoms with Crippen molar-refractivity contribution in [3.63, 3.8) is 0 Å². The van der Waals surface area contributed by atoms with Gasteiger partial charge in [-0.25, -0.2) is 0 Å². The molecule has 1 aromatic heterocycles. The maximum Gasteiger partial charge on any atom is 0.115 e. The zero-order chi connectivity index (χ0) is 13.7. The highest BCUT2D eigenvalue weighted by Gasteiger charge is 2.41. The van der Waals surface area contributed by atoms with E-state index in [2.05, 4.69) is 35.5 Å². The van der Waals surface area contributed by atoms with E-state index < -0.39 is 0 Å². The van der Waals surface area contributed by atoms with E-state index in [1.54, 1.807) is 0 Å². The van der Waals surface area contributed by atoms with Gasteiger partial charge in [-0.05, 0) is 66.9 Å². The molecule has 1 saturated heterocycles. The van der Waals surface area contributed by atoms with E-state index in [0.29, 0.717) is 23.8 Å². The minimum absolute atomic E-state index is 0.403. The molecule has 1 fully saturated rings. The fraction of sp³-hybridized carbons (Fsp3) is 0.412. The minimum atomic E-state index is 0.403. The Morgan fingerprint density at radius 1 is 1.25 bits per heavy atom. The van der Waals surface area contributed by atoms with Crippen molar-refractivity contribution in [1.82, 2.24) is 4.90 Å². The number of nitrogens with zero attached hydrogens (tertiary/aromatic N) is 1. The molecule has 1 aliphatic carbocycles. The highest BCUT2D eigenvalue weighted by atomic mass is 32.1. The molecule has 3 unspecified atom stereocenters. The number of hydrogen-bond acceptors (Lipinski definition) is 3. The molecule has 1 aromatic carbocycles. The van der Waals surface area contributed by atoms with E-state index in [-0.39, 0.29) is 0 Å². The van der Waals surface area contributed by atoms with Crippen LogP contribution in [0.3, 0.4) is 0 Å². The molecule has 0 bridgehead atoms. The van der Waals surface area contributed by atoms with E-state index >= 15 is 0 Å². The third-order valence-corrected chi connectivity index (χ3v) is 5.96. The summed E-state index contributed by atoms with van der Waals surface area (Å²) < 4.78 is 0. The van der Waals surface area contributed by atoms with Crippen molar-refractivity contribution in [1.29, 1.82) is 0 Å². The first-order chi connectivity index (χ1) is 9.74. The van der Waals surface area contributed by atoms with Crippen molar-refractivity contribution in [2.45, 2.75) is 31.3 Å². The molecular weight excluding hydrogens is 266 g/mol. The lowest BCUT2D eigenvalue weighted by molar-refractivity contribution is 0.0759. The van der Waals surface area contributed by atoms with Gasteiger partial charge in [0.2, 0.25) is 0 Å². The second-order valence-electron chi connectivity index (χ2n) is 6.07. The Labute approximate surface area is 123 Å². The third-order valence-electron chi connectivity index (χ3n) is 4.99. The SMILES string of the molecule is CN1C(c2cccs2)CCC2Cc3cc(O)ccc3C21. The summed E-state index contributed by atoms with van der Waals surface area (Å²) in [5.74, 6) is 1.12. The Kier molecular flexibility index (Phi) is 2.86. The summed E-state index contributed by atoms with van der Waals surface area (Å²) in [5.41, 5.74) is 2.77. The van der Waals surface area contributed by atoms with Crippen molar-refractivity contribution >= 4 is 11.3 Å². The van der Waals surface area contributed by atoms with Gasteiger partial charge in [0, 0.05) is 17.0 Å². The molecule has 0 radical (unpaired) electrons. The van der Waals surface area contributed by atoms with Gasteiger partial charge in [0.25, 0.3) is 0 Å². The van der Waals surface area contributed by atoms with Gasteiger partial charge < -0.3 is 5.11 Å². The van der Waals surface area contributed by atoms with Crippen LogP contribution in [0.15, 0.2) is 35.7 Å². The second-order valence-corrected chi connectivity index (χ2v) is 7.05. The highest BCUT2D eigenvalue weighted by Crippen LogP contribution is 2.51. The Bertz CT molecular complexity index is 622. The zero-order valence-electron chi connectivity index (χ0n) is 11.6. The molecule has 2 aliphatic rings. The number of thiophene rings is 1. The second kappa shape index (κ2) is 4.61. The summed E-state index contributed by atoms with van der Waals surface area (Å²) in [6.07, 6.45) is 3.65.